The van der Waals surface area contributed by atoms with Crippen molar-refractivity contribution in [3.8, 4) is 0 Å². The Morgan fingerprint density at radius 3 is 2.89 bits per heavy atom. The fourth-order valence-electron chi connectivity index (χ4n) is 2.74. The Morgan fingerprint density at radius 2 is 2.16 bits per heavy atom. The van der Waals surface area contributed by atoms with Gasteiger partial charge in [0, 0.05) is 12.2 Å². The Labute approximate surface area is 113 Å². The van der Waals surface area contributed by atoms with Crippen molar-refractivity contribution >= 4 is 11.6 Å². The molecule has 3 nitrogen and oxygen atoms in total. The maximum atomic E-state index is 13.1. The Kier molecular flexibility index (Phi) is 4.40. The summed E-state index contributed by atoms with van der Waals surface area (Å²) in [5, 5.41) is 2.88. The second-order valence-electron chi connectivity index (χ2n) is 5.46. The van der Waals surface area contributed by atoms with E-state index in [-0.39, 0.29) is 11.5 Å². The normalized spacial score (nSPS) is 23.1. The molecule has 1 aromatic carbocycles. The number of nitrogens with two attached hydrogens (primary N) is 1. The van der Waals surface area contributed by atoms with Crippen LogP contribution in [0.1, 0.15) is 43.0 Å². The molecule has 2 unspecified atom stereocenters. The summed E-state index contributed by atoms with van der Waals surface area (Å²) in [6, 6.07) is 3.87. The minimum atomic E-state index is -0.439. The van der Waals surface area contributed by atoms with Gasteiger partial charge in [-0.3, -0.25) is 4.79 Å². The van der Waals surface area contributed by atoms with Crippen LogP contribution in [0.4, 0.5) is 10.1 Å². The largest absolute Gasteiger partial charge is 0.398 e. The summed E-state index contributed by atoms with van der Waals surface area (Å²) in [7, 11) is 0. The number of nitrogens with one attached hydrogen (secondary N) is 1. The summed E-state index contributed by atoms with van der Waals surface area (Å²) in [4.78, 5) is 12.0. The number of anilines is 1. The lowest BCUT2D eigenvalue weighted by atomic mass is 9.80. The van der Waals surface area contributed by atoms with Crippen LogP contribution in [0.3, 0.4) is 0 Å². The molecular weight excluding hydrogens is 243 g/mol. The van der Waals surface area contributed by atoms with Crippen LogP contribution < -0.4 is 11.1 Å². The van der Waals surface area contributed by atoms with Gasteiger partial charge in [-0.2, -0.15) is 0 Å². The average Bonchev–Trinajstić information content (AvgIpc) is 2.40. The second-order valence-corrected chi connectivity index (χ2v) is 5.46. The van der Waals surface area contributed by atoms with Crippen LogP contribution in [0.2, 0.25) is 0 Å². The maximum absolute atomic E-state index is 13.1. The quantitative estimate of drug-likeness (QED) is 0.825. The highest BCUT2D eigenvalue weighted by Crippen LogP contribution is 2.29. The van der Waals surface area contributed by atoms with E-state index in [1.165, 1.54) is 37.5 Å². The Bertz CT molecular complexity index is 461. The summed E-state index contributed by atoms with van der Waals surface area (Å²) >= 11 is 0. The van der Waals surface area contributed by atoms with Crippen LogP contribution in [-0.2, 0) is 0 Å². The number of benzene rings is 1. The summed E-state index contributed by atoms with van der Waals surface area (Å²) in [6.45, 7) is 2.88. The van der Waals surface area contributed by atoms with Gasteiger partial charge in [-0.25, -0.2) is 4.39 Å². The minimum absolute atomic E-state index is 0.225. The molecule has 0 aliphatic heterocycles. The molecule has 1 amide bonds. The smallest absolute Gasteiger partial charge is 0.253 e. The van der Waals surface area contributed by atoms with E-state index in [4.69, 9.17) is 5.73 Å². The molecule has 1 aromatic rings. The first-order valence-corrected chi connectivity index (χ1v) is 6.91. The topological polar surface area (TPSA) is 55.1 Å². The van der Waals surface area contributed by atoms with Crippen molar-refractivity contribution in [2.75, 3.05) is 12.3 Å². The zero-order valence-electron chi connectivity index (χ0n) is 11.3. The van der Waals surface area contributed by atoms with Crippen LogP contribution in [0.15, 0.2) is 18.2 Å². The van der Waals surface area contributed by atoms with Crippen molar-refractivity contribution in [3.05, 3.63) is 29.6 Å². The molecule has 0 radical (unpaired) electrons. The number of nitrogen functional groups attached to an aromatic ring is 1. The van der Waals surface area contributed by atoms with Gasteiger partial charge in [-0.15, -0.1) is 0 Å². The van der Waals surface area contributed by atoms with Crippen molar-refractivity contribution in [2.45, 2.75) is 32.6 Å². The molecule has 0 aromatic heterocycles. The lowest BCUT2D eigenvalue weighted by Gasteiger charge is -2.28. The van der Waals surface area contributed by atoms with E-state index in [1.54, 1.807) is 0 Å². The number of amides is 1. The van der Waals surface area contributed by atoms with E-state index >= 15 is 0 Å². The summed E-state index contributed by atoms with van der Waals surface area (Å²) < 4.78 is 13.1. The molecule has 4 heteroatoms. The van der Waals surface area contributed by atoms with E-state index in [0.29, 0.717) is 24.1 Å². The van der Waals surface area contributed by atoms with Crippen molar-refractivity contribution < 1.29 is 9.18 Å². The van der Waals surface area contributed by atoms with Crippen LogP contribution in [0, 0.1) is 17.7 Å². The molecule has 0 spiro atoms. The van der Waals surface area contributed by atoms with Crippen molar-refractivity contribution in [2.24, 2.45) is 11.8 Å². The van der Waals surface area contributed by atoms with Gasteiger partial charge in [0.05, 0.1) is 5.56 Å². The fourth-order valence-corrected chi connectivity index (χ4v) is 2.74. The van der Waals surface area contributed by atoms with E-state index in [2.05, 4.69) is 12.2 Å². The van der Waals surface area contributed by atoms with E-state index in [9.17, 15) is 9.18 Å². The van der Waals surface area contributed by atoms with E-state index in [1.807, 2.05) is 0 Å². The Morgan fingerprint density at radius 1 is 1.42 bits per heavy atom. The molecule has 2 rings (SSSR count). The molecular formula is C15H21FN2O. The van der Waals surface area contributed by atoms with Crippen LogP contribution in [0.25, 0.3) is 0 Å². The van der Waals surface area contributed by atoms with Gasteiger partial charge in [0.1, 0.15) is 5.82 Å². The predicted octanol–water partition coefficient (Wildman–Crippen LogP) is 2.96. The molecule has 3 N–H and O–H groups in total. The third-order valence-corrected chi connectivity index (χ3v) is 4.07. The van der Waals surface area contributed by atoms with Gasteiger partial charge in [0.25, 0.3) is 5.91 Å². The number of halogens is 1. The number of carbonyl (C=O) groups is 1. The SMILES string of the molecule is CC1CCCCC1CNC(=O)c1cc(F)ccc1N. The Balaban J connectivity index is 1.95. The van der Waals surface area contributed by atoms with Gasteiger partial charge in [-0.1, -0.05) is 26.2 Å². The zero-order chi connectivity index (χ0) is 13.8. The maximum Gasteiger partial charge on any atom is 0.253 e. The van der Waals surface area contributed by atoms with Crippen LogP contribution in [0.5, 0.6) is 0 Å². The molecule has 1 saturated carbocycles. The molecule has 104 valence electrons. The monoisotopic (exact) mass is 264 g/mol. The molecule has 19 heavy (non-hydrogen) atoms. The van der Waals surface area contributed by atoms with Crippen molar-refractivity contribution in [1.82, 2.24) is 5.32 Å². The molecule has 2 atom stereocenters. The Hall–Kier alpha value is -1.58. The third-order valence-electron chi connectivity index (χ3n) is 4.07. The van der Waals surface area contributed by atoms with Crippen molar-refractivity contribution in [1.29, 1.82) is 0 Å². The highest BCUT2D eigenvalue weighted by atomic mass is 19.1. The number of rotatable bonds is 3. The number of hydrogen-bond donors (Lipinski definition) is 2. The average molecular weight is 264 g/mol. The van der Waals surface area contributed by atoms with Crippen molar-refractivity contribution in [3.63, 3.8) is 0 Å². The van der Waals surface area contributed by atoms with Gasteiger partial charge in [0.15, 0.2) is 0 Å². The van der Waals surface area contributed by atoms with E-state index < -0.39 is 5.82 Å². The second kappa shape index (κ2) is 6.04. The number of hydrogen-bond acceptors (Lipinski definition) is 2. The summed E-state index contributed by atoms with van der Waals surface area (Å²) in [5.41, 5.74) is 6.24. The molecule has 1 fully saturated rings. The summed E-state index contributed by atoms with van der Waals surface area (Å²) in [6.07, 6.45) is 4.89. The van der Waals surface area contributed by atoms with E-state index in [0.717, 1.165) is 6.42 Å². The van der Waals surface area contributed by atoms with Crippen LogP contribution in [-0.4, -0.2) is 12.5 Å². The van der Waals surface area contributed by atoms with Gasteiger partial charge in [-0.05, 0) is 36.5 Å². The first-order chi connectivity index (χ1) is 9.08. The fraction of sp³-hybridized carbons (Fsp3) is 0.533. The standard InChI is InChI=1S/C15H21FN2O/c1-10-4-2-3-5-11(10)9-18-15(19)13-8-12(16)6-7-14(13)17/h6-8,10-11H,2-5,9,17H2,1H3,(H,18,19). The van der Waals surface area contributed by atoms with Gasteiger partial charge >= 0.3 is 0 Å². The van der Waals surface area contributed by atoms with Gasteiger partial charge in [0.2, 0.25) is 0 Å². The molecule has 0 heterocycles. The van der Waals surface area contributed by atoms with Gasteiger partial charge < -0.3 is 11.1 Å². The van der Waals surface area contributed by atoms with Crippen LogP contribution >= 0.6 is 0 Å². The zero-order valence-corrected chi connectivity index (χ0v) is 11.3. The molecule has 1 aliphatic carbocycles. The molecule has 0 bridgehead atoms. The first kappa shape index (κ1) is 13.8. The minimum Gasteiger partial charge on any atom is -0.398 e. The number of carbonyl (C=O) groups excluding carboxylic acids is 1. The predicted molar refractivity (Wildman–Crippen MR) is 74.3 cm³/mol. The third kappa shape index (κ3) is 3.46. The molecule has 1 aliphatic rings. The lowest BCUT2D eigenvalue weighted by Crippen LogP contribution is -2.33. The molecule has 0 saturated heterocycles. The lowest BCUT2D eigenvalue weighted by molar-refractivity contribution is 0.0937. The summed E-state index contributed by atoms with van der Waals surface area (Å²) in [5.74, 6) is 0.437. The highest BCUT2D eigenvalue weighted by Gasteiger charge is 2.22. The first-order valence-electron chi connectivity index (χ1n) is 6.91. The highest BCUT2D eigenvalue weighted by molar-refractivity contribution is 5.99.